The van der Waals surface area contributed by atoms with E-state index in [4.69, 9.17) is 4.74 Å². The number of benzene rings is 1. The molecule has 0 saturated heterocycles. The quantitative estimate of drug-likeness (QED) is 0.479. The van der Waals surface area contributed by atoms with Crippen molar-refractivity contribution in [2.75, 3.05) is 12.0 Å². The molecule has 5 heteroatoms. The van der Waals surface area contributed by atoms with Gasteiger partial charge in [0, 0.05) is 6.92 Å². The van der Waals surface area contributed by atoms with Crippen LogP contribution in [0.25, 0.3) is 0 Å². The Morgan fingerprint density at radius 1 is 1.41 bits per heavy atom. The van der Waals surface area contributed by atoms with Crippen molar-refractivity contribution in [1.29, 1.82) is 0 Å². The van der Waals surface area contributed by atoms with E-state index in [0.717, 1.165) is 6.21 Å². The Balaban J connectivity index is 2.84. The summed E-state index contributed by atoms with van der Waals surface area (Å²) in [4.78, 5) is 22.3. The topological polar surface area (TPSA) is 67.8 Å². The summed E-state index contributed by atoms with van der Waals surface area (Å²) in [5.41, 5.74) is 3.52. The number of hydrazone groups is 1. The summed E-state index contributed by atoms with van der Waals surface area (Å²) >= 11 is 0. The first-order chi connectivity index (χ1) is 8.15. The molecule has 0 unspecified atom stereocenters. The lowest BCUT2D eigenvalue weighted by atomic mass is 10.2. The molecule has 0 bridgehead atoms. The van der Waals surface area contributed by atoms with Crippen molar-refractivity contribution in [3.05, 3.63) is 29.8 Å². The zero-order valence-electron chi connectivity index (χ0n) is 9.77. The zero-order chi connectivity index (χ0) is 12.7. The molecular weight excluding hydrogens is 220 g/mol. The monoisotopic (exact) mass is 234 g/mol. The van der Waals surface area contributed by atoms with Gasteiger partial charge in [-0.05, 0) is 19.1 Å². The van der Waals surface area contributed by atoms with Crippen molar-refractivity contribution in [2.45, 2.75) is 13.8 Å². The molecule has 1 rings (SSSR count). The smallest absolute Gasteiger partial charge is 0.340 e. The van der Waals surface area contributed by atoms with E-state index in [-0.39, 0.29) is 5.78 Å². The van der Waals surface area contributed by atoms with Crippen molar-refractivity contribution >= 4 is 23.7 Å². The van der Waals surface area contributed by atoms with Crippen LogP contribution in [0.4, 0.5) is 5.69 Å². The normalized spacial score (nSPS) is 10.2. The number of rotatable bonds is 5. The maximum Gasteiger partial charge on any atom is 0.340 e. The number of Topliss-reactive ketones (excluding diaryl/α,β-unsaturated/α-hetero) is 1. The molecule has 0 radical (unpaired) electrons. The Morgan fingerprint density at radius 3 is 2.76 bits per heavy atom. The first-order valence-corrected chi connectivity index (χ1v) is 5.21. The van der Waals surface area contributed by atoms with E-state index < -0.39 is 5.97 Å². The Morgan fingerprint density at radius 2 is 2.12 bits per heavy atom. The average Bonchev–Trinajstić information content (AvgIpc) is 2.29. The Hall–Kier alpha value is -2.17. The second-order valence-corrected chi connectivity index (χ2v) is 3.25. The summed E-state index contributed by atoms with van der Waals surface area (Å²) in [6, 6.07) is 6.80. The predicted molar refractivity (Wildman–Crippen MR) is 65.2 cm³/mol. The molecule has 0 aromatic heterocycles. The van der Waals surface area contributed by atoms with Gasteiger partial charge in [0.1, 0.15) is 0 Å². The van der Waals surface area contributed by atoms with Gasteiger partial charge in [-0.3, -0.25) is 10.2 Å². The summed E-state index contributed by atoms with van der Waals surface area (Å²) in [7, 11) is 0. The Labute approximate surface area is 99.5 Å². The molecule has 0 amide bonds. The van der Waals surface area contributed by atoms with Crippen molar-refractivity contribution in [3.8, 4) is 0 Å². The van der Waals surface area contributed by atoms with Crippen LogP contribution >= 0.6 is 0 Å². The first kappa shape index (κ1) is 12.9. The van der Waals surface area contributed by atoms with Crippen molar-refractivity contribution in [3.63, 3.8) is 0 Å². The molecule has 1 N–H and O–H groups in total. The lowest BCUT2D eigenvalue weighted by Crippen LogP contribution is -2.08. The highest BCUT2D eigenvalue weighted by molar-refractivity contribution is 6.26. The summed E-state index contributed by atoms with van der Waals surface area (Å²) in [6.07, 6.45) is 1.14. The first-order valence-electron chi connectivity index (χ1n) is 5.21. The fourth-order valence-corrected chi connectivity index (χ4v) is 1.16. The number of nitrogens with zero attached hydrogens (tertiary/aromatic N) is 1. The maximum absolute atomic E-state index is 11.6. The lowest BCUT2D eigenvalue weighted by Gasteiger charge is -2.07. The second kappa shape index (κ2) is 6.42. The van der Waals surface area contributed by atoms with Crippen LogP contribution in [0.3, 0.4) is 0 Å². The SMILES string of the molecule is CCOC(=O)c1ccccc1N/N=C/C(C)=O. The minimum absolute atomic E-state index is 0.175. The van der Waals surface area contributed by atoms with Crippen LogP contribution in [0.15, 0.2) is 29.4 Å². The summed E-state index contributed by atoms with van der Waals surface area (Å²) in [6.45, 7) is 3.44. The van der Waals surface area contributed by atoms with Crippen LogP contribution in [-0.4, -0.2) is 24.6 Å². The third-order valence-corrected chi connectivity index (χ3v) is 1.85. The number of nitrogens with one attached hydrogen (secondary N) is 1. The number of para-hydroxylation sites is 1. The van der Waals surface area contributed by atoms with Gasteiger partial charge in [0.15, 0.2) is 5.78 Å². The Kier molecular flexibility index (Phi) is 4.87. The van der Waals surface area contributed by atoms with Gasteiger partial charge in [-0.2, -0.15) is 5.10 Å². The maximum atomic E-state index is 11.6. The highest BCUT2D eigenvalue weighted by Crippen LogP contribution is 2.15. The number of anilines is 1. The molecule has 0 aliphatic heterocycles. The van der Waals surface area contributed by atoms with E-state index >= 15 is 0 Å². The average molecular weight is 234 g/mol. The highest BCUT2D eigenvalue weighted by atomic mass is 16.5. The number of hydrogen-bond donors (Lipinski definition) is 1. The molecular formula is C12H14N2O3. The van der Waals surface area contributed by atoms with Gasteiger partial charge in [-0.1, -0.05) is 12.1 Å². The highest BCUT2D eigenvalue weighted by Gasteiger charge is 2.10. The summed E-state index contributed by atoms with van der Waals surface area (Å²) < 4.78 is 4.90. The minimum Gasteiger partial charge on any atom is -0.462 e. The second-order valence-electron chi connectivity index (χ2n) is 3.25. The molecule has 0 saturated carbocycles. The third-order valence-electron chi connectivity index (χ3n) is 1.85. The van der Waals surface area contributed by atoms with Gasteiger partial charge >= 0.3 is 5.97 Å². The predicted octanol–water partition coefficient (Wildman–Crippen LogP) is 1.85. The van der Waals surface area contributed by atoms with Gasteiger partial charge in [-0.15, -0.1) is 0 Å². The Bertz CT molecular complexity index is 441. The molecule has 90 valence electrons. The van der Waals surface area contributed by atoms with Crippen LogP contribution in [0.1, 0.15) is 24.2 Å². The van der Waals surface area contributed by atoms with Crippen LogP contribution in [0, 0.1) is 0 Å². The fourth-order valence-electron chi connectivity index (χ4n) is 1.16. The molecule has 1 aromatic rings. The number of carbonyl (C=O) groups excluding carboxylic acids is 2. The third kappa shape index (κ3) is 4.06. The molecule has 0 heterocycles. The van der Waals surface area contributed by atoms with Gasteiger partial charge in [0.25, 0.3) is 0 Å². The lowest BCUT2D eigenvalue weighted by molar-refractivity contribution is -0.110. The number of hydrogen-bond acceptors (Lipinski definition) is 5. The van der Waals surface area contributed by atoms with E-state index in [9.17, 15) is 9.59 Å². The molecule has 1 aromatic carbocycles. The van der Waals surface area contributed by atoms with E-state index in [0.29, 0.717) is 17.9 Å². The standard InChI is InChI=1S/C12H14N2O3/c1-3-17-12(16)10-6-4-5-7-11(10)14-13-8-9(2)15/h4-8,14H,3H2,1-2H3/b13-8+. The summed E-state index contributed by atoms with van der Waals surface area (Å²) in [5, 5.41) is 3.71. The number of esters is 1. The van der Waals surface area contributed by atoms with Crippen LogP contribution < -0.4 is 5.43 Å². The van der Waals surface area contributed by atoms with E-state index in [1.165, 1.54) is 6.92 Å². The largest absolute Gasteiger partial charge is 0.462 e. The van der Waals surface area contributed by atoms with Crippen molar-refractivity contribution in [1.82, 2.24) is 0 Å². The molecule has 0 atom stereocenters. The van der Waals surface area contributed by atoms with Gasteiger partial charge in [0.05, 0.1) is 24.1 Å². The van der Waals surface area contributed by atoms with Crippen LogP contribution in [0.2, 0.25) is 0 Å². The van der Waals surface area contributed by atoms with Crippen molar-refractivity contribution < 1.29 is 14.3 Å². The van der Waals surface area contributed by atoms with E-state index in [1.807, 2.05) is 0 Å². The molecule has 0 aliphatic rings. The molecule has 17 heavy (non-hydrogen) atoms. The van der Waals surface area contributed by atoms with Gasteiger partial charge in [0.2, 0.25) is 0 Å². The molecule has 0 spiro atoms. The van der Waals surface area contributed by atoms with E-state index in [1.54, 1.807) is 31.2 Å². The summed E-state index contributed by atoms with van der Waals surface area (Å²) in [5.74, 6) is -0.597. The van der Waals surface area contributed by atoms with Crippen molar-refractivity contribution in [2.24, 2.45) is 5.10 Å². The van der Waals surface area contributed by atoms with Crippen LogP contribution in [0.5, 0.6) is 0 Å². The number of carbonyl (C=O) groups is 2. The molecule has 0 fully saturated rings. The van der Waals surface area contributed by atoms with Gasteiger partial charge in [-0.25, -0.2) is 4.79 Å². The minimum atomic E-state index is -0.423. The van der Waals surface area contributed by atoms with Gasteiger partial charge < -0.3 is 4.74 Å². The fraction of sp³-hybridized carbons (Fsp3) is 0.250. The number of ether oxygens (including phenoxy) is 1. The number of ketones is 1. The zero-order valence-corrected chi connectivity index (χ0v) is 9.77. The van der Waals surface area contributed by atoms with E-state index in [2.05, 4.69) is 10.5 Å². The van der Waals surface area contributed by atoms with Crippen LogP contribution in [-0.2, 0) is 9.53 Å². The molecule has 0 aliphatic carbocycles. The molecule has 5 nitrogen and oxygen atoms in total.